The summed E-state index contributed by atoms with van der Waals surface area (Å²) in [6, 6.07) is 0. The number of rotatable bonds is 3. The lowest BCUT2D eigenvalue weighted by molar-refractivity contribution is -0.0605. The molecule has 1 aliphatic rings. The Morgan fingerprint density at radius 2 is 1.89 bits per heavy atom. The van der Waals surface area contributed by atoms with Crippen LogP contribution in [0.25, 0.3) is 0 Å². The topological polar surface area (TPSA) is 71.7 Å². The van der Waals surface area contributed by atoms with Crippen LogP contribution < -0.4 is 5.32 Å². The van der Waals surface area contributed by atoms with Crippen molar-refractivity contribution >= 4 is 5.91 Å². The largest absolute Gasteiger partial charge is 0.466 e. The molecule has 1 aromatic rings. The average Bonchev–Trinajstić information content (AvgIpc) is 2.62. The van der Waals surface area contributed by atoms with Gasteiger partial charge in [0.1, 0.15) is 11.5 Å². The molecule has 1 fully saturated rings. The van der Waals surface area contributed by atoms with E-state index in [1.807, 2.05) is 13.8 Å². The summed E-state index contributed by atoms with van der Waals surface area (Å²) >= 11 is 0. The van der Waals surface area contributed by atoms with Crippen LogP contribution in [-0.2, 0) is 4.74 Å². The van der Waals surface area contributed by atoms with E-state index in [0.717, 1.165) is 11.3 Å². The SMILES string of the molecule is Cc1oc(C)c(C(=O)NCC2(O)CCOCC2)c1C. The highest BCUT2D eigenvalue weighted by molar-refractivity contribution is 5.96. The van der Waals surface area contributed by atoms with Crippen LogP contribution in [0.4, 0.5) is 0 Å². The van der Waals surface area contributed by atoms with Crippen LogP contribution in [0.1, 0.15) is 40.3 Å². The second-order valence-electron chi connectivity index (χ2n) is 5.23. The summed E-state index contributed by atoms with van der Waals surface area (Å²) in [7, 11) is 0. The molecule has 0 bridgehead atoms. The minimum Gasteiger partial charge on any atom is -0.466 e. The Morgan fingerprint density at radius 1 is 1.26 bits per heavy atom. The maximum atomic E-state index is 12.2. The van der Waals surface area contributed by atoms with Gasteiger partial charge in [-0.15, -0.1) is 0 Å². The molecule has 5 nitrogen and oxygen atoms in total. The van der Waals surface area contributed by atoms with Gasteiger partial charge in [-0.05, 0) is 20.8 Å². The molecule has 0 unspecified atom stereocenters. The summed E-state index contributed by atoms with van der Waals surface area (Å²) in [6.45, 7) is 6.80. The number of hydrogen-bond donors (Lipinski definition) is 2. The lowest BCUT2D eigenvalue weighted by Crippen LogP contribution is -2.46. The van der Waals surface area contributed by atoms with Crippen molar-refractivity contribution in [3.05, 3.63) is 22.6 Å². The maximum absolute atomic E-state index is 12.2. The Morgan fingerprint density at radius 3 is 2.42 bits per heavy atom. The van der Waals surface area contributed by atoms with E-state index in [9.17, 15) is 9.90 Å². The van der Waals surface area contributed by atoms with Gasteiger partial charge in [0.05, 0.1) is 11.2 Å². The summed E-state index contributed by atoms with van der Waals surface area (Å²) in [6.07, 6.45) is 1.10. The number of carbonyl (C=O) groups excluding carboxylic acids is 1. The van der Waals surface area contributed by atoms with Crippen LogP contribution >= 0.6 is 0 Å². The van der Waals surface area contributed by atoms with Gasteiger partial charge in [-0.25, -0.2) is 0 Å². The number of aliphatic hydroxyl groups is 1. The highest BCUT2D eigenvalue weighted by Gasteiger charge is 2.31. The molecule has 0 atom stereocenters. The molecule has 0 aromatic carbocycles. The van der Waals surface area contributed by atoms with Gasteiger partial charge >= 0.3 is 0 Å². The summed E-state index contributed by atoms with van der Waals surface area (Å²) in [5.74, 6) is 1.19. The number of furan rings is 1. The Hall–Kier alpha value is -1.33. The van der Waals surface area contributed by atoms with Crippen LogP contribution in [-0.4, -0.2) is 36.4 Å². The summed E-state index contributed by atoms with van der Waals surface area (Å²) in [4.78, 5) is 12.2. The van der Waals surface area contributed by atoms with Gasteiger partial charge < -0.3 is 19.6 Å². The molecule has 19 heavy (non-hydrogen) atoms. The van der Waals surface area contributed by atoms with E-state index in [4.69, 9.17) is 9.15 Å². The smallest absolute Gasteiger partial charge is 0.255 e. The second kappa shape index (κ2) is 5.35. The number of nitrogens with one attached hydrogen (secondary N) is 1. The standard InChI is InChI=1S/C14H21NO4/c1-9-10(2)19-11(3)12(9)13(16)15-8-14(17)4-6-18-7-5-14/h17H,4-8H2,1-3H3,(H,15,16). The van der Waals surface area contributed by atoms with Crippen molar-refractivity contribution in [2.24, 2.45) is 0 Å². The fraction of sp³-hybridized carbons (Fsp3) is 0.643. The van der Waals surface area contributed by atoms with Gasteiger partial charge in [0, 0.05) is 38.2 Å². The maximum Gasteiger partial charge on any atom is 0.255 e. The van der Waals surface area contributed by atoms with E-state index in [-0.39, 0.29) is 12.5 Å². The lowest BCUT2D eigenvalue weighted by Gasteiger charge is -2.32. The molecular formula is C14H21NO4. The number of amides is 1. The number of aryl methyl sites for hydroxylation is 2. The van der Waals surface area contributed by atoms with Crippen molar-refractivity contribution in [2.45, 2.75) is 39.2 Å². The van der Waals surface area contributed by atoms with Crippen LogP contribution in [0.5, 0.6) is 0 Å². The third kappa shape index (κ3) is 2.98. The Kier molecular flexibility index (Phi) is 3.96. The first-order valence-electron chi connectivity index (χ1n) is 6.58. The van der Waals surface area contributed by atoms with E-state index in [0.29, 0.717) is 37.4 Å². The molecule has 1 amide bonds. The molecule has 1 aliphatic heterocycles. The van der Waals surface area contributed by atoms with Gasteiger partial charge in [0.15, 0.2) is 0 Å². The van der Waals surface area contributed by atoms with E-state index in [1.165, 1.54) is 0 Å². The second-order valence-corrected chi connectivity index (χ2v) is 5.23. The van der Waals surface area contributed by atoms with Gasteiger partial charge in [-0.3, -0.25) is 4.79 Å². The molecule has 1 saturated heterocycles. The summed E-state index contributed by atoms with van der Waals surface area (Å²) in [5, 5.41) is 13.1. The molecule has 106 valence electrons. The first kappa shape index (κ1) is 14.1. The quantitative estimate of drug-likeness (QED) is 0.870. The van der Waals surface area contributed by atoms with Crippen molar-refractivity contribution in [1.29, 1.82) is 0 Å². The number of carbonyl (C=O) groups is 1. The molecule has 0 radical (unpaired) electrons. The monoisotopic (exact) mass is 267 g/mol. The zero-order chi connectivity index (χ0) is 14.0. The minimum absolute atomic E-state index is 0.188. The molecular weight excluding hydrogens is 246 g/mol. The fourth-order valence-electron chi connectivity index (χ4n) is 2.39. The molecule has 0 aliphatic carbocycles. The van der Waals surface area contributed by atoms with Crippen molar-refractivity contribution in [1.82, 2.24) is 5.32 Å². The highest BCUT2D eigenvalue weighted by Crippen LogP contribution is 2.22. The van der Waals surface area contributed by atoms with Crippen LogP contribution in [0.15, 0.2) is 4.42 Å². The number of ether oxygens (including phenoxy) is 1. The predicted octanol–water partition coefficient (Wildman–Crippen LogP) is 1.48. The molecule has 1 aromatic heterocycles. The van der Waals surface area contributed by atoms with Crippen molar-refractivity contribution in [3.8, 4) is 0 Å². The Labute approximate surface area is 112 Å². The number of hydrogen-bond acceptors (Lipinski definition) is 4. The molecule has 5 heteroatoms. The first-order chi connectivity index (χ1) is 8.93. The van der Waals surface area contributed by atoms with Gasteiger partial charge in [0.25, 0.3) is 5.91 Å². The first-order valence-corrected chi connectivity index (χ1v) is 6.58. The highest BCUT2D eigenvalue weighted by atomic mass is 16.5. The molecule has 2 heterocycles. The summed E-state index contributed by atoms with van der Waals surface area (Å²) < 4.78 is 10.7. The normalized spacial score (nSPS) is 18.3. The fourth-order valence-corrected chi connectivity index (χ4v) is 2.39. The van der Waals surface area contributed by atoms with Gasteiger partial charge in [0.2, 0.25) is 0 Å². The van der Waals surface area contributed by atoms with E-state index in [1.54, 1.807) is 6.92 Å². The van der Waals surface area contributed by atoms with Crippen LogP contribution in [0.2, 0.25) is 0 Å². The van der Waals surface area contributed by atoms with Crippen molar-refractivity contribution in [3.63, 3.8) is 0 Å². The molecule has 0 saturated carbocycles. The zero-order valence-electron chi connectivity index (χ0n) is 11.7. The molecule has 2 N–H and O–H groups in total. The third-order valence-electron chi connectivity index (χ3n) is 3.79. The molecule has 2 rings (SSSR count). The average molecular weight is 267 g/mol. The Bertz CT molecular complexity index is 472. The van der Waals surface area contributed by atoms with E-state index >= 15 is 0 Å². The van der Waals surface area contributed by atoms with Crippen molar-refractivity contribution in [2.75, 3.05) is 19.8 Å². The van der Waals surface area contributed by atoms with Crippen LogP contribution in [0, 0.1) is 20.8 Å². The van der Waals surface area contributed by atoms with Gasteiger partial charge in [-0.2, -0.15) is 0 Å². The third-order valence-corrected chi connectivity index (χ3v) is 3.79. The Balaban J connectivity index is 2.01. The van der Waals surface area contributed by atoms with E-state index in [2.05, 4.69) is 5.32 Å². The zero-order valence-corrected chi connectivity index (χ0v) is 11.7. The molecule has 0 spiro atoms. The van der Waals surface area contributed by atoms with Gasteiger partial charge in [-0.1, -0.05) is 0 Å². The lowest BCUT2D eigenvalue weighted by atomic mass is 9.94. The van der Waals surface area contributed by atoms with Crippen molar-refractivity contribution < 1.29 is 19.1 Å². The summed E-state index contributed by atoms with van der Waals surface area (Å²) in [5.41, 5.74) is 0.580. The van der Waals surface area contributed by atoms with Crippen LogP contribution in [0.3, 0.4) is 0 Å². The predicted molar refractivity (Wildman–Crippen MR) is 70.3 cm³/mol. The van der Waals surface area contributed by atoms with E-state index < -0.39 is 5.60 Å². The minimum atomic E-state index is -0.853.